The van der Waals surface area contributed by atoms with Crippen LogP contribution in [0.15, 0.2) is 4.99 Å². The number of hydrogen-bond acceptors (Lipinski definition) is 3. The van der Waals surface area contributed by atoms with Crippen LogP contribution in [-0.4, -0.2) is 75.2 Å². The first-order valence-corrected chi connectivity index (χ1v) is 10.0. The third kappa shape index (κ3) is 13.7. The number of aliphatic imine (C=N–C) groups is 1. The minimum absolute atomic E-state index is 0. The summed E-state index contributed by atoms with van der Waals surface area (Å²) in [6.07, 6.45) is 6.27. The number of unbranched alkanes of at least 4 members (excludes halogenated alkanes) is 2. The summed E-state index contributed by atoms with van der Waals surface area (Å²) in [7, 11) is 2.21. The number of guanidine groups is 1. The van der Waals surface area contributed by atoms with Crippen molar-refractivity contribution >= 4 is 29.9 Å². The molecule has 0 aliphatic carbocycles. The average Bonchev–Trinajstić information content (AvgIpc) is 2.55. The Labute approximate surface area is 173 Å². The van der Waals surface area contributed by atoms with E-state index < -0.39 is 0 Å². The lowest BCUT2D eigenvalue weighted by Gasteiger charge is -2.32. The summed E-state index contributed by atoms with van der Waals surface area (Å²) in [6, 6.07) is 0. The van der Waals surface area contributed by atoms with Crippen molar-refractivity contribution < 1.29 is 0 Å². The number of piperazine rings is 1. The quantitative estimate of drug-likeness (QED) is 0.212. The third-order valence-corrected chi connectivity index (χ3v) is 4.59. The summed E-state index contributed by atoms with van der Waals surface area (Å²) in [6.45, 7) is 15.7. The Morgan fingerprint density at radius 2 is 1.72 bits per heavy atom. The number of nitrogens with zero attached hydrogens (tertiary/aromatic N) is 3. The molecule has 0 aromatic carbocycles. The van der Waals surface area contributed by atoms with Crippen LogP contribution in [0.1, 0.15) is 52.9 Å². The van der Waals surface area contributed by atoms with E-state index in [4.69, 9.17) is 0 Å². The molecule has 0 aromatic rings. The van der Waals surface area contributed by atoms with E-state index in [0.717, 1.165) is 31.5 Å². The van der Waals surface area contributed by atoms with Gasteiger partial charge in [-0.3, -0.25) is 4.99 Å². The molecule has 6 heteroatoms. The van der Waals surface area contributed by atoms with Crippen LogP contribution in [0.2, 0.25) is 0 Å². The van der Waals surface area contributed by atoms with E-state index in [-0.39, 0.29) is 24.0 Å². The second kappa shape index (κ2) is 16.1. The highest BCUT2D eigenvalue weighted by molar-refractivity contribution is 14.0. The zero-order valence-corrected chi connectivity index (χ0v) is 19.3. The van der Waals surface area contributed by atoms with Crippen LogP contribution in [0, 0.1) is 5.92 Å². The predicted molar refractivity (Wildman–Crippen MR) is 121 cm³/mol. The molecule has 150 valence electrons. The SMILES string of the molecule is CCNC(=NCCCCC(C)C)NCCCCN1CCN(C)CC1.I. The van der Waals surface area contributed by atoms with Gasteiger partial charge in [-0.15, -0.1) is 24.0 Å². The van der Waals surface area contributed by atoms with Gasteiger partial charge < -0.3 is 20.4 Å². The van der Waals surface area contributed by atoms with Gasteiger partial charge in [0.25, 0.3) is 0 Å². The van der Waals surface area contributed by atoms with Crippen molar-refractivity contribution in [2.24, 2.45) is 10.9 Å². The highest BCUT2D eigenvalue weighted by atomic mass is 127. The normalized spacial score (nSPS) is 16.8. The van der Waals surface area contributed by atoms with Crippen LogP contribution in [-0.2, 0) is 0 Å². The molecule has 0 amide bonds. The highest BCUT2D eigenvalue weighted by Crippen LogP contribution is 2.05. The van der Waals surface area contributed by atoms with E-state index in [1.54, 1.807) is 0 Å². The number of rotatable bonds is 11. The first-order valence-electron chi connectivity index (χ1n) is 10.0. The van der Waals surface area contributed by atoms with Gasteiger partial charge in [0, 0.05) is 45.8 Å². The highest BCUT2D eigenvalue weighted by Gasteiger charge is 2.12. The van der Waals surface area contributed by atoms with Gasteiger partial charge in [-0.25, -0.2) is 0 Å². The van der Waals surface area contributed by atoms with E-state index in [2.05, 4.69) is 53.2 Å². The maximum atomic E-state index is 4.68. The minimum atomic E-state index is 0. The van der Waals surface area contributed by atoms with Crippen molar-refractivity contribution in [1.82, 2.24) is 20.4 Å². The molecule has 0 saturated carbocycles. The van der Waals surface area contributed by atoms with E-state index in [0.29, 0.717) is 0 Å². The van der Waals surface area contributed by atoms with Gasteiger partial charge in [-0.05, 0) is 45.7 Å². The molecule has 1 aliphatic rings. The molecular formula is C19H42IN5. The zero-order valence-electron chi connectivity index (χ0n) is 17.0. The largest absolute Gasteiger partial charge is 0.357 e. The summed E-state index contributed by atoms with van der Waals surface area (Å²) in [5.41, 5.74) is 0. The lowest BCUT2D eigenvalue weighted by atomic mass is 10.1. The van der Waals surface area contributed by atoms with Gasteiger partial charge >= 0.3 is 0 Å². The van der Waals surface area contributed by atoms with Crippen molar-refractivity contribution in [3.8, 4) is 0 Å². The summed E-state index contributed by atoms with van der Waals surface area (Å²) < 4.78 is 0. The zero-order chi connectivity index (χ0) is 17.6. The average molecular weight is 467 g/mol. The smallest absolute Gasteiger partial charge is 0.191 e. The summed E-state index contributed by atoms with van der Waals surface area (Å²) in [5.74, 6) is 1.79. The molecular weight excluding hydrogens is 425 g/mol. The monoisotopic (exact) mass is 467 g/mol. The number of halogens is 1. The van der Waals surface area contributed by atoms with Crippen LogP contribution in [0.5, 0.6) is 0 Å². The number of hydrogen-bond donors (Lipinski definition) is 2. The van der Waals surface area contributed by atoms with Gasteiger partial charge in [-0.1, -0.05) is 26.7 Å². The van der Waals surface area contributed by atoms with Gasteiger partial charge in [0.15, 0.2) is 5.96 Å². The van der Waals surface area contributed by atoms with Gasteiger partial charge in [0.2, 0.25) is 0 Å². The molecule has 0 atom stereocenters. The van der Waals surface area contributed by atoms with Crippen molar-refractivity contribution in [3.63, 3.8) is 0 Å². The minimum Gasteiger partial charge on any atom is -0.357 e. The summed E-state index contributed by atoms with van der Waals surface area (Å²) in [5, 5.41) is 6.83. The fourth-order valence-corrected chi connectivity index (χ4v) is 2.94. The van der Waals surface area contributed by atoms with Crippen LogP contribution >= 0.6 is 24.0 Å². The predicted octanol–water partition coefficient (Wildman–Crippen LogP) is 3.01. The van der Waals surface area contributed by atoms with Crippen LogP contribution in [0.25, 0.3) is 0 Å². The lowest BCUT2D eigenvalue weighted by molar-refractivity contribution is 0.152. The van der Waals surface area contributed by atoms with Crippen molar-refractivity contribution in [2.75, 3.05) is 59.4 Å². The molecule has 0 radical (unpaired) electrons. The second-order valence-electron chi connectivity index (χ2n) is 7.43. The first-order chi connectivity index (χ1) is 11.6. The van der Waals surface area contributed by atoms with Crippen molar-refractivity contribution in [2.45, 2.75) is 52.9 Å². The molecule has 1 heterocycles. The van der Waals surface area contributed by atoms with E-state index in [1.165, 1.54) is 64.8 Å². The Hall–Kier alpha value is -0.0800. The number of nitrogens with one attached hydrogen (secondary N) is 2. The standard InChI is InChI=1S/C19H41N5.HI/c1-5-20-19(21-11-7-6-10-18(2)3)22-12-8-9-13-24-16-14-23(4)15-17-24;/h18H,5-17H2,1-4H3,(H2,20,21,22);1H. The molecule has 1 rings (SSSR count). The maximum absolute atomic E-state index is 4.68. The molecule has 2 N–H and O–H groups in total. The van der Waals surface area contributed by atoms with E-state index >= 15 is 0 Å². The molecule has 0 unspecified atom stereocenters. The topological polar surface area (TPSA) is 42.9 Å². The Balaban J connectivity index is 0.00000576. The molecule has 5 nitrogen and oxygen atoms in total. The van der Waals surface area contributed by atoms with Gasteiger partial charge in [0.05, 0.1) is 0 Å². The molecule has 0 spiro atoms. The maximum Gasteiger partial charge on any atom is 0.191 e. The summed E-state index contributed by atoms with van der Waals surface area (Å²) >= 11 is 0. The Kier molecular flexibility index (Phi) is 16.1. The fourth-order valence-electron chi connectivity index (χ4n) is 2.94. The fraction of sp³-hybridized carbons (Fsp3) is 0.947. The van der Waals surface area contributed by atoms with Crippen molar-refractivity contribution in [1.29, 1.82) is 0 Å². The van der Waals surface area contributed by atoms with E-state index in [9.17, 15) is 0 Å². The molecule has 0 aromatic heterocycles. The van der Waals surface area contributed by atoms with E-state index in [1.807, 2.05) is 0 Å². The second-order valence-corrected chi connectivity index (χ2v) is 7.43. The van der Waals surface area contributed by atoms with Crippen molar-refractivity contribution in [3.05, 3.63) is 0 Å². The summed E-state index contributed by atoms with van der Waals surface area (Å²) in [4.78, 5) is 9.69. The molecule has 25 heavy (non-hydrogen) atoms. The molecule has 1 aliphatic heterocycles. The first kappa shape index (κ1) is 24.9. The lowest BCUT2D eigenvalue weighted by Crippen LogP contribution is -2.44. The van der Waals surface area contributed by atoms with Crippen LogP contribution in [0.3, 0.4) is 0 Å². The molecule has 0 bridgehead atoms. The molecule has 1 fully saturated rings. The third-order valence-electron chi connectivity index (χ3n) is 4.59. The molecule has 1 saturated heterocycles. The Morgan fingerprint density at radius 3 is 2.36 bits per heavy atom. The van der Waals surface area contributed by atoms with Crippen LogP contribution in [0.4, 0.5) is 0 Å². The Bertz CT molecular complexity index is 328. The Morgan fingerprint density at radius 1 is 1.00 bits per heavy atom. The van der Waals surface area contributed by atoms with Gasteiger partial charge in [0.1, 0.15) is 0 Å². The van der Waals surface area contributed by atoms with Crippen LogP contribution < -0.4 is 10.6 Å². The number of likely N-dealkylation sites (N-methyl/N-ethyl adjacent to an activating group) is 1. The van der Waals surface area contributed by atoms with Gasteiger partial charge in [-0.2, -0.15) is 0 Å².